The van der Waals surface area contributed by atoms with Gasteiger partial charge in [0.25, 0.3) is 0 Å². The Morgan fingerprint density at radius 1 is 1.04 bits per heavy atom. The number of halogens is 3. The van der Waals surface area contributed by atoms with Gasteiger partial charge in [0.15, 0.2) is 11.5 Å². The van der Waals surface area contributed by atoms with Gasteiger partial charge in [-0.05, 0) is 29.8 Å². The Labute approximate surface area is 157 Å². The van der Waals surface area contributed by atoms with Gasteiger partial charge in [0.2, 0.25) is 5.95 Å². The lowest BCUT2D eigenvalue weighted by Crippen LogP contribution is -2.07. The van der Waals surface area contributed by atoms with E-state index in [1.165, 1.54) is 12.4 Å². The summed E-state index contributed by atoms with van der Waals surface area (Å²) in [5.41, 5.74) is 1.56. The Kier molecular flexibility index (Phi) is 4.52. The van der Waals surface area contributed by atoms with E-state index in [1.807, 2.05) is 0 Å². The standard InChI is InChI=1S/C18H14F3N7/c19-18(20,21)12-3-1-2-11(8-12)9-23-15-14-16(25-10-24-15)28-17(27-14)26-13-4-6-22-7-5-13/h1-8,10H,9H2,(H3,22,23,24,25,26,27,28). The molecule has 1 aromatic carbocycles. The maximum absolute atomic E-state index is 12.9. The molecule has 3 heterocycles. The molecule has 0 fully saturated rings. The molecule has 0 atom stereocenters. The second-order valence-corrected chi connectivity index (χ2v) is 5.92. The van der Waals surface area contributed by atoms with Gasteiger partial charge in [-0.1, -0.05) is 12.1 Å². The lowest BCUT2D eigenvalue weighted by molar-refractivity contribution is -0.137. The number of rotatable bonds is 5. The van der Waals surface area contributed by atoms with Crippen LogP contribution < -0.4 is 10.6 Å². The number of aromatic amines is 1. The Bertz CT molecular complexity index is 1090. The lowest BCUT2D eigenvalue weighted by Gasteiger charge is -2.10. The molecule has 0 bridgehead atoms. The van der Waals surface area contributed by atoms with E-state index in [-0.39, 0.29) is 6.54 Å². The van der Waals surface area contributed by atoms with Crippen LogP contribution in [-0.2, 0) is 12.7 Å². The number of anilines is 3. The van der Waals surface area contributed by atoms with Crippen LogP contribution in [0.25, 0.3) is 11.2 Å². The fraction of sp³-hybridized carbons (Fsp3) is 0.111. The molecule has 4 aromatic rings. The predicted molar refractivity (Wildman–Crippen MR) is 98.0 cm³/mol. The fourth-order valence-electron chi connectivity index (χ4n) is 2.64. The summed E-state index contributed by atoms with van der Waals surface area (Å²) in [6.45, 7) is 0.169. The van der Waals surface area contributed by atoms with Gasteiger partial charge < -0.3 is 15.6 Å². The van der Waals surface area contributed by atoms with Gasteiger partial charge in [-0.25, -0.2) is 9.97 Å². The number of aromatic nitrogens is 5. The van der Waals surface area contributed by atoms with Gasteiger partial charge in [-0.15, -0.1) is 0 Å². The summed E-state index contributed by atoms with van der Waals surface area (Å²) in [5, 5.41) is 6.12. The van der Waals surface area contributed by atoms with Crippen molar-refractivity contribution < 1.29 is 13.2 Å². The van der Waals surface area contributed by atoms with Crippen LogP contribution in [-0.4, -0.2) is 24.9 Å². The van der Waals surface area contributed by atoms with E-state index in [2.05, 4.69) is 35.6 Å². The summed E-state index contributed by atoms with van der Waals surface area (Å²) < 4.78 is 38.6. The summed E-state index contributed by atoms with van der Waals surface area (Å²) in [7, 11) is 0. The van der Waals surface area contributed by atoms with E-state index < -0.39 is 11.7 Å². The molecule has 0 aliphatic carbocycles. The highest BCUT2D eigenvalue weighted by Crippen LogP contribution is 2.30. The second-order valence-electron chi connectivity index (χ2n) is 5.92. The highest BCUT2D eigenvalue weighted by Gasteiger charge is 2.30. The molecule has 0 spiro atoms. The van der Waals surface area contributed by atoms with Crippen molar-refractivity contribution in [3.8, 4) is 0 Å². The van der Waals surface area contributed by atoms with Crippen LogP contribution in [0.1, 0.15) is 11.1 Å². The van der Waals surface area contributed by atoms with Crippen LogP contribution in [0.15, 0.2) is 55.1 Å². The molecule has 3 N–H and O–H groups in total. The van der Waals surface area contributed by atoms with Crippen LogP contribution in [0.3, 0.4) is 0 Å². The molecule has 142 valence electrons. The number of H-pyrrole nitrogens is 1. The lowest BCUT2D eigenvalue weighted by atomic mass is 10.1. The first-order valence-electron chi connectivity index (χ1n) is 8.27. The van der Waals surface area contributed by atoms with Crippen LogP contribution in [0.4, 0.5) is 30.6 Å². The van der Waals surface area contributed by atoms with Crippen LogP contribution in [0.2, 0.25) is 0 Å². The van der Waals surface area contributed by atoms with Crippen LogP contribution in [0, 0.1) is 0 Å². The zero-order valence-electron chi connectivity index (χ0n) is 14.3. The van der Waals surface area contributed by atoms with Gasteiger partial charge in [-0.2, -0.15) is 18.2 Å². The van der Waals surface area contributed by atoms with Crippen molar-refractivity contribution in [2.45, 2.75) is 12.7 Å². The molecular weight excluding hydrogens is 371 g/mol. The molecule has 0 saturated carbocycles. The van der Waals surface area contributed by atoms with E-state index in [4.69, 9.17) is 0 Å². The second kappa shape index (κ2) is 7.14. The summed E-state index contributed by atoms with van der Waals surface area (Å²) in [5.74, 6) is 0.904. The third kappa shape index (κ3) is 3.85. The van der Waals surface area contributed by atoms with E-state index in [9.17, 15) is 13.2 Å². The largest absolute Gasteiger partial charge is 0.416 e. The maximum atomic E-state index is 12.9. The molecule has 0 unspecified atom stereocenters. The number of imidazole rings is 1. The number of hydrogen-bond acceptors (Lipinski definition) is 6. The Morgan fingerprint density at radius 2 is 1.86 bits per heavy atom. The zero-order chi connectivity index (χ0) is 19.6. The maximum Gasteiger partial charge on any atom is 0.416 e. The first-order chi connectivity index (χ1) is 13.5. The van der Waals surface area contributed by atoms with Crippen molar-refractivity contribution in [3.63, 3.8) is 0 Å². The minimum atomic E-state index is -4.38. The average Bonchev–Trinajstić information content (AvgIpc) is 3.09. The number of nitrogens with zero attached hydrogens (tertiary/aromatic N) is 4. The smallest absolute Gasteiger partial charge is 0.364 e. The van der Waals surface area contributed by atoms with Gasteiger partial charge >= 0.3 is 6.18 Å². The molecule has 28 heavy (non-hydrogen) atoms. The number of fused-ring (bicyclic) bond motifs is 1. The number of pyridine rings is 1. The Hall–Kier alpha value is -3.69. The first kappa shape index (κ1) is 17.7. The summed E-state index contributed by atoms with van der Waals surface area (Å²) in [4.78, 5) is 19.6. The highest BCUT2D eigenvalue weighted by atomic mass is 19.4. The summed E-state index contributed by atoms with van der Waals surface area (Å²) in [6.07, 6.45) is 0.253. The molecule has 4 rings (SSSR count). The normalized spacial score (nSPS) is 11.5. The van der Waals surface area contributed by atoms with Crippen molar-refractivity contribution in [1.29, 1.82) is 0 Å². The minimum Gasteiger partial charge on any atom is -0.364 e. The van der Waals surface area contributed by atoms with E-state index >= 15 is 0 Å². The van der Waals surface area contributed by atoms with Gasteiger partial charge in [-0.3, -0.25) is 4.98 Å². The van der Waals surface area contributed by atoms with E-state index in [1.54, 1.807) is 30.6 Å². The molecule has 0 saturated heterocycles. The SMILES string of the molecule is FC(F)(F)c1cccc(CNc2ncnc3nc(Nc4ccncc4)[nH]c23)c1. The molecule has 0 amide bonds. The fourth-order valence-corrected chi connectivity index (χ4v) is 2.64. The van der Waals surface area contributed by atoms with Gasteiger partial charge in [0.05, 0.1) is 5.56 Å². The number of alkyl halides is 3. The predicted octanol–water partition coefficient (Wildman–Crippen LogP) is 4.12. The number of benzene rings is 1. The molecule has 3 aromatic heterocycles. The molecular formula is C18H14F3N7. The van der Waals surface area contributed by atoms with Crippen LogP contribution >= 0.6 is 0 Å². The number of nitrogens with one attached hydrogen (secondary N) is 3. The van der Waals surface area contributed by atoms with Crippen molar-refractivity contribution in [1.82, 2.24) is 24.9 Å². The number of hydrogen-bond donors (Lipinski definition) is 3. The summed E-state index contributed by atoms with van der Waals surface area (Å²) >= 11 is 0. The average molecular weight is 385 g/mol. The molecule has 0 aliphatic rings. The summed E-state index contributed by atoms with van der Waals surface area (Å²) in [6, 6.07) is 8.71. The van der Waals surface area contributed by atoms with Crippen molar-refractivity contribution in [2.75, 3.05) is 10.6 Å². The van der Waals surface area contributed by atoms with Crippen molar-refractivity contribution in [2.24, 2.45) is 0 Å². The van der Waals surface area contributed by atoms with Crippen molar-refractivity contribution >= 4 is 28.6 Å². The topological polar surface area (TPSA) is 91.4 Å². The molecule has 7 nitrogen and oxygen atoms in total. The Balaban J connectivity index is 1.54. The quantitative estimate of drug-likeness (QED) is 0.479. The Morgan fingerprint density at radius 3 is 2.64 bits per heavy atom. The molecule has 10 heteroatoms. The molecule has 0 radical (unpaired) electrons. The van der Waals surface area contributed by atoms with Crippen LogP contribution in [0.5, 0.6) is 0 Å². The first-order valence-corrected chi connectivity index (χ1v) is 8.27. The van der Waals surface area contributed by atoms with Crippen molar-refractivity contribution in [3.05, 3.63) is 66.2 Å². The highest BCUT2D eigenvalue weighted by molar-refractivity contribution is 5.84. The molecule has 0 aliphatic heterocycles. The van der Waals surface area contributed by atoms with E-state index in [0.717, 1.165) is 17.8 Å². The van der Waals surface area contributed by atoms with Gasteiger partial charge in [0, 0.05) is 24.6 Å². The van der Waals surface area contributed by atoms with Gasteiger partial charge in [0.1, 0.15) is 11.8 Å². The third-order valence-electron chi connectivity index (χ3n) is 3.95. The monoisotopic (exact) mass is 385 g/mol. The minimum absolute atomic E-state index is 0.169. The van der Waals surface area contributed by atoms with E-state index in [0.29, 0.717) is 28.5 Å². The zero-order valence-corrected chi connectivity index (χ0v) is 14.3. The third-order valence-corrected chi connectivity index (χ3v) is 3.95.